The number of carbonyl (C=O) groups excluding carboxylic acids is 1. The zero-order valence-electron chi connectivity index (χ0n) is 7.06. The highest BCUT2D eigenvalue weighted by atomic mass is 16.3. The zero-order valence-corrected chi connectivity index (χ0v) is 7.06. The first kappa shape index (κ1) is 9.38. The van der Waals surface area contributed by atoms with Crippen molar-refractivity contribution >= 4 is 5.91 Å². The molecular weight excluding hydrogens is 168 g/mol. The van der Waals surface area contributed by atoms with E-state index in [4.69, 9.17) is 0 Å². The van der Waals surface area contributed by atoms with Crippen molar-refractivity contribution in [3.05, 3.63) is 40.8 Å². The maximum Gasteiger partial charge on any atom is 0.251 e. The molecule has 4 nitrogen and oxygen atoms in total. The summed E-state index contributed by atoms with van der Waals surface area (Å²) in [5.74, 6) is -0.177. The smallest absolute Gasteiger partial charge is 0.251 e. The normalized spacial score (nSPS) is 9.23. The Bertz CT molecular complexity index is 285. The number of nitrogens with zero attached hydrogens (tertiary/aromatic N) is 1. The van der Waals surface area contributed by atoms with Crippen LogP contribution in [0, 0.1) is 4.91 Å². The first-order valence-electron chi connectivity index (χ1n) is 3.97. The van der Waals surface area contributed by atoms with Crippen LogP contribution >= 0.6 is 0 Å². The number of benzene rings is 1. The summed E-state index contributed by atoms with van der Waals surface area (Å²) < 4.78 is 0. The van der Waals surface area contributed by atoms with E-state index in [0.717, 1.165) is 0 Å². The second kappa shape index (κ2) is 5.03. The Morgan fingerprint density at radius 3 is 2.62 bits per heavy atom. The summed E-state index contributed by atoms with van der Waals surface area (Å²) in [7, 11) is 0. The van der Waals surface area contributed by atoms with Crippen LogP contribution in [-0.4, -0.2) is 19.0 Å². The van der Waals surface area contributed by atoms with Gasteiger partial charge in [0.05, 0.1) is 6.54 Å². The average Bonchev–Trinajstić information content (AvgIpc) is 2.19. The van der Waals surface area contributed by atoms with Gasteiger partial charge in [0.1, 0.15) is 0 Å². The molecule has 1 aromatic carbocycles. The first-order chi connectivity index (χ1) is 6.34. The molecule has 0 bridgehead atoms. The van der Waals surface area contributed by atoms with Crippen LogP contribution in [0.25, 0.3) is 0 Å². The number of carbonyl (C=O) groups is 1. The van der Waals surface area contributed by atoms with Crippen molar-refractivity contribution in [2.24, 2.45) is 5.18 Å². The SMILES string of the molecule is O=NCCNC(=O)c1ccccc1. The third-order valence-electron chi connectivity index (χ3n) is 1.52. The molecule has 0 unspecified atom stereocenters. The number of nitroso groups, excluding NO2 is 1. The quantitative estimate of drug-likeness (QED) is 0.556. The van der Waals surface area contributed by atoms with E-state index >= 15 is 0 Å². The highest BCUT2D eigenvalue weighted by Gasteiger charge is 2.01. The Balaban J connectivity index is 2.45. The minimum Gasteiger partial charge on any atom is -0.350 e. The van der Waals surface area contributed by atoms with Crippen LogP contribution in [0.15, 0.2) is 35.5 Å². The lowest BCUT2D eigenvalue weighted by Crippen LogP contribution is -2.25. The van der Waals surface area contributed by atoms with Gasteiger partial charge in [-0.3, -0.25) is 4.79 Å². The van der Waals surface area contributed by atoms with Gasteiger partial charge in [0, 0.05) is 12.1 Å². The third kappa shape index (κ3) is 3.02. The third-order valence-corrected chi connectivity index (χ3v) is 1.52. The molecule has 0 aliphatic heterocycles. The molecule has 0 heterocycles. The van der Waals surface area contributed by atoms with E-state index in [9.17, 15) is 9.70 Å². The van der Waals surface area contributed by atoms with Gasteiger partial charge in [-0.1, -0.05) is 23.4 Å². The standard InChI is InChI=1S/C9H10N2O2/c12-9(10-6-7-11-13)8-4-2-1-3-5-8/h1-5H,6-7H2,(H,10,12). The van der Waals surface area contributed by atoms with Gasteiger partial charge < -0.3 is 5.32 Å². The van der Waals surface area contributed by atoms with Crippen molar-refractivity contribution in [2.75, 3.05) is 13.1 Å². The van der Waals surface area contributed by atoms with E-state index < -0.39 is 0 Å². The molecule has 1 aromatic rings. The van der Waals surface area contributed by atoms with Gasteiger partial charge in [-0.25, -0.2) is 0 Å². The molecule has 0 spiro atoms. The van der Waals surface area contributed by atoms with E-state index in [1.807, 2.05) is 6.07 Å². The first-order valence-corrected chi connectivity index (χ1v) is 3.97. The monoisotopic (exact) mass is 178 g/mol. The van der Waals surface area contributed by atoms with Crippen LogP contribution in [0.4, 0.5) is 0 Å². The van der Waals surface area contributed by atoms with Gasteiger partial charge in [0.25, 0.3) is 5.91 Å². The number of nitrogens with one attached hydrogen (secondary N) is 1. The lowest BCUT2D eigenvalue weighted by Gasteiger charge is -2.01. The van der Waals surface area contributed by atoms with Crippen LogP contribution in [0.1, 0.15) is 10.4 Å². The molecule has 13 heavy (non-hydrogen) atoms. The summed E-state index contributed by atoms with van der Waals surface area (Å²) in [4.78, 5) is 21.0. The van der Waals surface area contributed by atoms with E-state index in [-0.39, 0.29) is 19.0 Å². The Morgan fingerprint density at radius 2 is 2.00 bits per heavy atom. The molecule has 0 atom stereocenters. The van der Waals surface area contributed by atoms with E-state index in [1.165, 1.54) is 0 Å². The van der Waals surface area contributed by atoms with Crippen molar-refractivity contribution in [1.29, 1.82) is 0 Å². The summed E-state index contributed by atoms with van der Waals surface area (Å²) in [5, 5.41) is 5.20. The molecule has 0 aliphatic rings. The topological polar surface area (TPSA) is 58.5 Å². The number of hydrogen-bond acceptors (Lipinski definition) is 3. The largest absolute Gasteiger partial charge is 0.350 e. The fourth-order valence-electron chi connectivity index (χ4n) is 0.907. The van der Waals surface area contributed by atoms with Gasteiger partial charge in [-0.2, -0.15) is 4.91 Å². The summed E-state index contributed by atoms with van der Waals surface area (Å²) in [6.45, 7) is 0.399. The molecule has 0 aliphatic carbocycles. The molecule has 0 radical (unpaired) electrons. The number of hydrogen-bond donors (Lipinski definition) is 1. The molecule has 4 heteroatoms. The van der Waals surface area contributed by atoms with Crippen molar-refractivity contribution < 1.29 is 4.79 Å². The van der Waals surface area contributed by atoms with Crippen molar-refractivity contribution in [3.8, 4) is 0 Å². The molecule has 0 aromatic heterocycles. The van der Waals surface area contributed by atoms with Crippen LogP contribution in [0.2, 0.25) is 0 Å². The van der Waals surface area contributed by atoms with Crippen LogP contribution < -0.4 is 5.32 Å². The van der Waals surface area contributed by atoms with Crippen LogP contribution in [-0.2, 0) is 0 Å². The van der Waals surface area contributed by atoms with E-state index in [0.29, 0.717) is 5.56 Å². The maximum absolute atomic E-state index is 11.3. The fraction of sp³-hybridized carbons (Fsp3) is 0.222. The van der Waals surface area contributed by atoms with Crippen LogP contribution in [0.5, 0.6) is 0 Å². The average molecular weight is 178 g/mol. The Kier molecular flexibility index (Phi) is 3.63. The molecule has 68 valence electrons. The Hall–Kier alpha value is -1.71. The predicted molar refractivity (Wildman–Crippen MR) is 49.4 cm³/mol. The summed E-state index contributed by atoms with van der Waals surface area (Å²) in [6.07, 6.45) is 0. The second-order valence-corrected chi connectivity index (χ2v) is 2.47. The summed E-state index contributed by atoms with van der Waals surface area (Å²) in [6, 6.07) is 8.83. The predicted octanol–water partition coefficient (Wildman–Crippen LogP) is 1.18. The lowest BCUT2D eigenvalue weighted by molar-refractivity contribution is 0.0955. The second-order valence-electron chi connectivity index (χ2n) is 2.47. The molecule has 0 fully saturated rings. The lowest BCUT2D eigenvalue weighted by atomic mass is 10.2. The molecular formula is C9H10N2O2. The molecule has 1 amide bonds. The molecule has 1 N–H and O–H groups in total. The molecule has 0 saturated carbocycles. The van der Waals surface area contributed by atoms with Crippen molar-refractivity contribution in [3.63, 3.8) is 0 Å². The minimum atomic E-state index is -0.177. The number of amides is 1. The van der Waals surface area contributed by atoms with Crippen molar-refractivity contribution in [1.82, 2.24) is 5.32 Å². The van der Waals surface area contributed by atoms with Gasteiger partial charge in [0.15, 0.2) is 0 Å². The minimum absolute atomic E-state index is 0.110. The van der Waals surface area contributed by atoms with Crippen LogP contribution in [0.3, 0.4) is 0 Å². The van der Waals surface area contributed by atoms with Gasteiger partial charge in [0.2, 0.25) is 0 Å². The van der Waals surface area contributed by atoms with E-state index in [1.54, 1.807) is 24.3 Å². The zero-order chi connectivity index (χ0) is 9.52. The van der Waals surface area contributed by atoms with E-state index in [2.05, 4.69) is 10.5 Å². The number of rotatable bonds is 4. The Morgan fingerprint density at radius 1 is 1.31 bits per heavy atom. The van der Waals surface area contributed by atoms with Gasteiger partial charge in [-0.05, 0) is 12.1 Å². The Labute approximate surface area is 75.9 Å². The van der Waals surface area contributed by atoms with Gasteiger partial charge in [-0.15, -0.1) is 0 Å². The fourth-order valence-corrected chi connectivity index (χ4v) is 0.907. The highest BCUT2D eigenvalue weighted by molar-refractivity contribution is 5.94. The van der Waals surface area contributed by atoms with Gasteiger partial charge >= 0.3 is 0 Å². The molecule has 0 saturated heterocycles. The van der Waals surface area contributed by atoms with Crippen molar-refractivity contribution in [2.45, 2.75) is 0 Å². The maximum atomic E-state index is 11.3. The molecule has 1 rings (SSSR count). The highest BCUT2D eigenvalue weighted by Crippen LogP contribution is 1.96. The summed E-state index contributed by atoms with van der Waals surface area (Å²) in [5.41, 5.74) is 0.591. The summed E-state index contributed by atoms with van der Waals surface area (Å²) >= 11 is 0.